The largest absolute Gasteiger partial charge is 0.480 e. The van der Waals surface area contributed by atoms with Crippen molar-refractivity contribution in [2.75, 3.05) is 7.11 Å². The van der Waals surface area contributed by atoms with Crippen molar-refractivity contribution in [2.24, 2.45) is 0 Å². The van der Waals surface area contributed by atoms with E-state index < -0.39 is 0 Å². The Balaban J connectivity index is 1.99. The lowest BCUT2D eigenvalue weighted by molar-refractivity contribution is 0.0915. The SMILES string of the molecule is COc1nccc(I)c1C(=O)NNC1CCCCC1. The maximum absolute atomic E-state index is 12.2. The van der Waals surface area contributed by atoms with Gasteiger partial charge in [0, 0.05) is 15.8 Å². The molecule has 19 heavy (non-hydrogen) atoms. The minimum Gasteiger partial charge on any atom is -0.480 e. The number of carbonyl (C=O) groups excluding carboxylic acids is 1. The average Bonchev–Trinajstić information content (AvgIpc) is 2.45. The van der Waals surface area contributed by atoms with E-state index in [0.717, 1.165) is 16.4 Å². The summed E-state index contributed by atoms with van der Waals surface area (Å²) in [6.07, 6.45) is 7.60. The van der Waals surface area contributed by atoms with Gasteiger partial charge in [-0.1, -0.05) is 19.3 Å². The molecule has 2 N–H and O–H groups in total. The van der Waals surface area contributed by atoms with E-state index in [4.69, 9.17) is 4.74 Å². The highest BCUT2D eigenvalue weighted by Gasteiger charge is 2.19. The minimum absolute atomic E-state index is 0.195. The molecule has 1 aliphatic rings. The topological polar surface area (TPSA) is 63.2 Å². The Morgan fingerprint density at radius 2 is 2.16 bits per heavy atom. The molecule has 2 rings (SSSR count). The van der Waals surface area contributed by atoms with Crippen molar-refractivity contribution in [3.8, 4) is 5.88 Å². The van der Waals surface area contributed by atoms with Gasteiger partial charge in [0.25, 0.3) is 5.91 Å². The van der Waals surface area contributed by atoms with Gasteiger partial charge in [0.15, 0.2) is 0 Å². The molecule has 1 aliphatic carbocycles. The summed E-state index contributed by atoms with van der Waals surface area (Å²) in [5.74, 6) is 0.162. The summed E-state index contributed by atoms with van der Waals surface area (Å²) in [5.41, 5.74) is 6.36. The number of aromatic nitrogens is 1. The average molecular weight is 375 g/mol. The number of halogens is 1. The number of hydrazine groups is 1. The van der Waals surface area contributed by atoms with Crippen LogP contribution in [-0.4, -0.2) is 24.0 Å². The van der Waals surface area contributed by atoms with E-state index in [1.165, 1.54) is 26.4 Å². The van der Waals surface area contributed by atoms with E-state index in [0.29, 0.717) is 17.5 Å². The summed E-state index contributed by atoms with van der Waals surface area (Å²) in [6.45, 7) is 0. The standard InChI is InChI=1S/C13H18IN3O2/c1-19-13-11(10(14)7-8-15-13)12(18)17-16-9-5-3-2-4-6-9/h7-9,16H,2-6H2,1H3,(H,17,18). The van der Waals surface area contributed by atoms with Crippen LogP contribution >= 0.6 is 22.6 Å². The molecule has 0 atom stereocenters. The van der Waals surface area contributed by atoms with Crippen molar-refractivity contribution in [1.29, 1.82) is 0 Å². The van der Waals surface area contributed by atoms with Crippen LogP contribution in [0.1, 0.15) is 42.5 Å². The second kappa shape index (κ2) is 7.04. The Hall–Kier alpha value is -0.890. The predicted octanol–water partition coefficient (Wildman–Crippen LogP) is 2.26. The van der Waals surface area contributed by atoms with Gasteiger partial charge >= 0.3 is 0 Å². The van der Waals surface area contributed by atoms with Crippen LogP contribution in [0.2, 0.25) is 0 Å². The third-order valence-electron chi connectivity index (χ3n) is 3.28. The van der Waals surface area contributed by atoms with Gasteiger partial charge in [-0.05, 0) is 41.5 Å². The molecule has 5 nitrogen and oxygen atoms in total. The number of nitrogens with one attached hydrogen (secondary N) is 2. The summed E-state index contributed by atoms with van der Waals surface area (Å²) < 4.78 is 5.96. The van der Waals surface area contributed by atoms with Crippen molar-refractivity contribution >= 4 is 28.5 Å². The first-order chi connectivity index (χ1) is 9.22. The molecule has 6 heteroatoms. The molecule has 1 fully saturated rings. The highest BCUT2D eigenvalue weighted by atomic mass is 127. The van der Waals surface area contributed by atoms with Gasteiger partial charge in [-0.3, -0.25) is 10.2 Å². The molecule has 0 radical (unpaired) electrons. The van der Waals surface area contributed by atoms with Crippen LogP contribution in [0.15, 0.2) is 12.3 Å². The van der Waals surface area contributed by atoms with Gasteiger partial charge in [-0.2, -0.15) is 0 Å². The van der Waals surface area contributed by atoms with E-state index in [-0.39, 0.29) is 5.91 Å². The van der Waals surface area contributed by atoms with Crippen LogP contribution in [0.25, 0.3) is 0 Å². The smallest absolute Gasteiger partial charge is 0.271 e. The molecule has 0 unspecified atom stereocenters. The molecule has 1 aromatic rings. The summed E-state index contributed by atoms with van der Waals surface area (Å²) in [6, 6.07) is 2.16. The monoisotopic (exact) mass is 375 g/mol. The molecule has 0 aromatic carbocycles. The summed E-state index contributed by atoms with van der Waals surface area (Å²) in [7, 11) is 1.52. The molecular weight excluding hydrogens is 357 g/mol. The molecule has 104 valence electrons. The van der Waals surface area contributed by atoms with Crippen molar-refractivity contribution in [3.63, 3.8) is 0 Å². The quantitative estimate of drug-likeness (QED) is 0.626. The molecular formula is C13H18IN3O2. The van der Waals surface area contributed by atoms with Gasteiger partial charge in [-0.15, -0.1) is 0 Å². The number of hydrogen-bond donors (Lipinski definition) is 2. The Labute approximate surface area is 126 Å². The summed E-state index contributed by atoms with van der Waals surface area (Å²) in [4.78, 5) is 16.2. The van der Waals surface area contributed by atoms with E-state index in [9.17, 15) is 4.79 Å². The number of ether oxygens (including phenoxy) is 1. The van der Waals surface area contributed by atoms with Crippen molar-refractivity contribution < 1.29 is 9.53 Å². The highest BCUT2D eigenvalue weighted by molar-refractivity contribution is 14.1. The summed E-state index contributed by atoms with van der Waals surface area (Å²) in [5, 5.41) is 0. The van der Waals surface area contributed by atoms with Crippen molar-refractivity contribution in [3.05, 3.63) is 21.4 Å². The highest BCUT2D eigenvalue weighted by Crippen LogP contribution is 2.21. The van der Waals surface area contributed by atoms with Crippen LogP contribution in [0, 0.1) is 3.57 Å². The maximum atomic E-state index is 12.2. The van der Waals surface area contributed by atoms with Crippen LogP contribution in [0.3, 0.4) is 0 Å². The fraction of sp³-hybridized carbons (Fsp3) is 0.538. The van der Waals surface area contributed by atoms with Gasteiger partial charge in [0.05, 0.1) is 7.11 Å². The van der Waals surface area contributed by atoms with Gasteiger partial charge in [-0.25, -0.2) is 10.4 Å². The predicted molar refractivity (Wildman–Crippen MR) is 81.0 cm³/mol. The molecule has 1 saturated carbocycles. The normalized spacial score (nSPS) is 16.1. The Kier molecular flexibility index (Phi) is 5.38. The minimum atomic E-state index is -0.195. The zero-order chi connectivity index (χ0) is 13.7. The molecule has 1 heterocycles. The first kappa shape index (κ1) is 14.5. The lowest BCUT2D eigenvalue weighted by atomic mass is 9.96. The second-order valence-corrected chi connectivity index (χ2v) is 5.77. The number of methoxy groups -OCH3 is 1. The van der Waals surface area contributed by atoms with Crippen LogP contribution in [0.4, 0.5) is 0 Å². The molecule has 0 bridgehead atoms. The van der Waals surface area contributed by atoms with Gasteiger partial charge in [0.1, 0.15) is 5.56 Å². The summed E-state index contributed by atoms with van der Waals surface area (Å²) >= 11 is 2.11. The lowest BCUT2D eigenvalue weighted by Crippen LogP contribution is -2.45. The first-order valence-corrected chi connectivity index (χ1v) is 7.54. The number of hydrogen-bond acceptors (Lipinski definition) is 4. The first-order valence-electron chi connectivity index (χ1n) is 6.46. The zero-order valence-electron chi connectivity index (χ0n) is 10.9. The third kappa shape index (κ3) is 3.79. The Morgan fingerprint density at radius 3 is 2.84 bits per heavy atom. The molecule has 0 aliphatic heterocycles. The van der Waals surface area contributed by atoms with E-state index in [1.54, 1.807) is 12.3 Å². The molecule has 1 aromatic heterocycles. The van der Waals surface area contributed by atoms with Crippen molar-refractivity contribution in [2.45, 2.75) is 38.1 Å². The molecule has 0 spiro atoms. The number of carbonyl (C=O) groups is 1. The fourth-order valence-corrected chi connectivity index (χ4v) is 2.89. The number of pyridine rings is 1. The van der Waals surface area contributed by atoms with Gasteiger partial charge in [0.2, 0.25) is 5.88 Å². The lowest BCUT2D eigenvalue weighted by Gasteiger charge is -2.23. The third-order valence-corrected chi connectivity index (χ3v) is 4.18. The van der Waals surface area contributed by atoms with Crippen LogP contribution < -0.4 is 15.6 Å². The molecule has 1 amide bonds. The second-order valence-electron chi connectivity index (χ2n) is 4.61. The van der Waals surface area contributed by atoms with E-state index in [2.05, 4.69) is 38.4 Å². The number of amides is 1. The van der Waals surface area contributed by atoms with Crippen LogP contribution in [-0.2, 0) is 0 Å². The number of rotatable bonds is 4. The van der Waals surface area contributed by atoms with Crippen molar-refractivity contribution in [1.82, 2.24) is 15.8 Å². The fourth-order valence-electron chi connectivity index (χ4n) is 2.26. The van der Waals surface area contributed by atoms with Gasteiger partial charge < -0.3 is 4.74 Å². The number of nitrogens with zero attached hydrogens (tertiary/aromatic N) is 1. The Morgan fingerprint density at radius 1 is 1.42 bits per heavy atom. The van der Waals surface area contributed by atoms with Crippen LogP contribution in [0.5, 0.6) is 5.88 Å². The molecule has 0 saturated heterocycles. The van der Waals surface area contributed by atoms with E-state index in [1.807, 2.05) is 0 Å². The zero-order valence-corrected chi connectivity index (χ0v) is 13.1. The van der Waals surface area contributed by atoms with E-state index >= 15 is 0 Å². The maximum Gasteiger partial charge on any atom is 0.271 e. The Bertz CT molecular complexity index is 448.